The van der Waals surface area contributed by atoms with Gasteiger partial charge in [0.15, 0.2) is 5.69 Å². The number of aromatic amines is 1. The standard InChI is InChI=1S/C19H20N4O2/c1-3-23(4-2)19(25)13-8-7-9-14(12-13)20-18(24)17-15-10-5-6-11-16(15)21-22-17/h5-12H,3-4H2,1-2H3,(H,20,24)(H,21,22). The number of hydrogen-bond acceptors (Lipinski definition) is 3. The molecule has 1 heterocycles. The molecule has 6 nitrogen and oxygen atoms in total. The van der Waals surface area contributed by atoms with Gasteiger partial charge in [-0.15, -0.1) is 0 Å². The summed E-state index contributed by atoms with van der Waals surface area (Å²) < 4.78 is 0. The van der Waals surface area contributed by atoms with E-state index in [2.05, 4.69) is 15.5 Å². The first kappa shape index (κ1) is 16.7. The molecular weight excluding hydrogens is 316 g/mol. The first-order valence-electron chi connectivity index (χ1n) is 8.27. The van der Waals surface area contributed by atoms with Crippen LogP contribution in [0.2, 0.25) is 0 Å². The van der Waals surface area contributed by atoms with Gasteiger partial charge < -0.3 is 10.2 Å². The van der Waals surface area contributed by atoms with Gasteiger partial charge in [0.25, 0.3) is 11.8 Å². The summed E-state index contributed by atoms with van der Waals surface area (Å²) in [5.41, 5.74) is 2.25. The van der Waals surface area contributed by atoms with E-state index in [1.807, 2.05) is 38.1 Å². The average molecular weight is 336 g/mol. The summed E-state index contributed by atoms with van der Waals surface area (Å²) in [6.45, 7) is 5.17. The molecule has 0 bridgehead atoms. The van der Waals surface area contributed by atoms with Crippen LogP contribution in [0.15, 0.2) is 48.5 Å². The highest BCUT2D eigenvalue weighted by Crippen LogP contribution is 2.18. The van der Waals surface area contributed by atoms with Crippen LogP contribution in [0.3, 0.4) is 0 Å². The van der Waals surface area contributed by atoms with Gasteiger partial charge in [0.1, 0.15) is 0 Å². The van der Waals surface area contributed by atoms with Crippen molar-refractivity contribution in [2.45, 2.75) is 13.8 Å². The van der Waals surface area contributed by atoms with Gasteiger partial charge in [-0.3, -0.25) is 14.7 Å². The number of benzene rings is 2. The van der Waals surface area contributed by atoms with E-state index in [1.54, 1.807) is 29.2 Å². The predicted octanol–water partition coefficient (Wildman–Crippen LogP) is 3.30. The number of hydrogen-bond donors (Lipinski definition) is 2. The topological polar surface area (TPSA) is 78.1 Å². The zero-order valence-electron chi connectivity index (χ0n) is 14.2. The number of aromatic nitrogens is 2. The normalized spacial score (nSPS) is 10.6. The minimum atomic E-state index is -0.315. The fraction of sp³-hybridized carbons (Fsp3) is 0.211. The molecule has 0 radical (unpaired) electrons. The molecule has 25 heavy (non-hydrogen) atoms. The highest BCUT2D eigenvalue weighted by molar-refractivity contribution is 6.11. The van der Waals surface area contributed by atoms with Crippen LogP contribution in [0, 0.1) is 0 Å². The highest BCUT2D eigenvalue weighted by Gasteiger charge is 2.16. The number of H-pyrrole nitrogens is 1. The van der Waals surface area contributed by atoms with E-state index in [9.17, 15) is 9.59 Å². The lowest BCUT2D eigenvalue weighted by Crippen LogP contribution is -2.30. The largest absolute Gasteiger partial charge is 0.339 e. The van der Waals surface area contributed by atoms with Gasteiger partial charge in [0, 0.05) is 29.7 Å². The molecule has 1 aromatic heterocycles. The lowest BCUT2D eigenvalue weighted by molar-refractivity contribution is 0.0772. The molecule has 3 rings (SSSR count). The molecule has 2 N–H and O–H groups in total. The summed E-state index contributed by atoms with van der Waals surface area (Å²) in [6.07, 6.45) is 0. The van der Waals surface area contributed by atoms with Gasteiger partial charge in [-0.25, -0.2) is 0 Å². The maximum absolute atomic E-state index is 12.5. The Morgan fingerprint density at radius 3 is 2.60 bits per heavy atom. The summed E-state index contributed by atoms with van der Waals surface area (Å²) in [6, 6.07) is 14.4. The third-order valence-electron chi connectivity index (χ3n) is 4.10. The number of para-hydroxylation sites is 1. The highest BCUT2D eigenvalue weighted by atomic mass is 16.2. The van der Waals surface area contributed by atoms with Crippen molar-refractivity contribution in [1.82, 2.24) is 15.1 Å². The third kappa shape index (κ3) is 3.38. The molecule has 128 valence electrons. The van der Waals surface area contributed by atoms with Crippen LogP contribution in [0.25, 0.3) is 10.9 Å². The molecule has 0 aliphatic carbocycles. The molecule has 0 fully saturated rings. The molecule has 0 aliphatic rings. The maximum atomic E-state index is 12.5. The number of anilines is 1. The smallest absolute Gasteiger partial charge is 0.276 e. The van der Waals surface area contributed by atoms with Gasteiger partial charge in [0.2, 0.25) is 0 Å². The Kier molecular flexibility index (Phi) is 4.79. The lowest BCUT2D eigenvalue weighted by atomic mass is 10.1. The quantitative estimate of drug-likeness (QED) is 0.750. The van der Waals surface area contributed by atoms with Gasteiger partial charge in [-0.2, -0.15) is 5.10 Å². The van der Waals surface area contributed by atoms with Crippen LogP contribution in [-0.2, 0) is 0 Å². The van der Waals surface area contributed by atoms with E-state index in [0.717, 1.165) is 10.9 Å². The van der Waals surface area contributed by atoms with Crippen molar-refractivity contribution in [2.24, 2.45) is 0 Å². The molecule has 0 unspecified atom stereocenters. The third-order valence-corrected chi connectivity index (χ3v) is 4.10. The van der Waals surface area contributed by atoms with Gasteiger partial charge in [-0.1, -0.05) is 24.3 Å². The summed E-state index contributed by atoms with van der Waals surface area (Å²) in [4.78, 5) is 26.7. The van der Waals surface area contributed by atoms with E-state index in [4.69, 9.17) is 0 Å². The molecule has 0 atom stereocenters. The number of nitrogens with one attached hydrogen (secondary N) is 2. The Balaban J connectivity index is 1.82. The van der Waals surface area contributed by atoms with E-state index < -0.39 is 0 Å². The second kappa shape index (κ2) is 7.17. The summed E-state index contributed by atoms with van der Waals surface area (Å²) in [5, 5.41) is 10.5. The number of carbonyl (C=O) groups is 2. The van der Waals surface area contributed by atoms with E-state index >= 15 is 0 Å². The molecular formula is C19H20N4O2. The molecule has 0 aliphatic heterocycles. The molecule has 2 aromatic carbocycles. The monoisotopic (exact) mass is 336 g/mol. The molecule has 0 spiro atoms. The minimum Gasteiger partial charge on any atom is -0.339 e. The molecule has 0 saturated carbocycles. The number of nitrogens with zero attached hydrogens (tertiary/aromatic N) is 2. The molecule has 0 saturated heterocycles. The number of amides is 2. The fourth-order valence-corrected chi connectivity index (χ4v) is 2.75. The summed E-state index contributed by atoms with van der Waals surface area (Å²) >= 11 is 0. The summed E-state index contributed by atoms with van der Waals surface area (Å²) in [7, 11) is 0. The van der Waals surface area contributed by atoms with Crippen LogP contribution in [0.4, 0.5) is 5.69 Å². The van der Waals surface area contributed by atoms with Crippen molar-refractivity contribution in [1.29, 1.82) is 0 Å². The first-order valence-corrected chi connectivity index (χ1v) is 8.27. The van der Waals surface area contributed by atoms with Crippen molar-refractivity contribution in [3.63, 3.8) is 0 Å². The van der Waals surface area contributed by atoms with Crippen LogP contribution >= 0.6 is 0 Å². The van der Waals surface area contributed by atoms with Crippen LogP contribution < -0.4 is 5.32 Å². The number of carbonyl (C=O) groups excluding carboxylic acids is 2. The van der Waals surface area contributed by atoms with Gasteiger partial charge in [0.05, 0.1) is 5.52 Å². The Morgan fingerprint density at radius 1 is 1.08 bits per heavy atom. The van der Waals surface area contributed by atoms with E-state index in [0.29, 0.717) is 30.0 Å². The maximum Gasteiger partial charge on any atom is 0.276 e. The van der Waals surface area contributed by atoms with Crippen molar-refractivity contribution < 1.29 is 9.59 Å². The summed E-state index contributed by atoms with van der Waals surface area (Å²) in [5.74, 6) is -0.365. The van der Waals surface area contributed by atoms with E-state index in [1.165, 1.54) is 0 Å². The van der Waals surface area contributed by atoms with Gasteiger partial charge in [-0.05, 0) is 38.1 Å². The number of rotatable bonds is 5. The van der Waals surface area contributed by atoms with Crippen molar-refractivity contribution in [3.05, 3.63) is 59.8 Å². The van der Waals surface area contributed by atoms with E-state index in [-0.39, 0.29) is 11.8 Å². The zero-order valence-corrected chi connectivity index (χ0v) is 14.2. The van der Waals surface area contributed by atoms with Crippen LogP contribution in [-0.4, -0.2) is 40.0 Å². The van der Waals surface area contributed by atoms with Crippen molar-refractivity contribution in [3.8, 4) is 0 Å². The Bertz CT molecular complexity index is 912. The Morgan fingerprint density at radius 2 is 1.84 bits per heavy atom. The van der Waals surface area contributed by atoms with Crippen molar-refractivity contribution >= 4 is 28.4 Å². The van der Waals surface area contributed by atoms with Gasteiger partial charge >= 0.3 is 0 Å². The molecule has 2 amide bonds. The SMILES string of the molecule is CCN(CC)C(=O)c1cccc(NC(=O)c2n[nH]c3ccccc23)c1. The average Bonchev–Trinajstić information content (AvgIpc) is 3.07. The second-order valence-electron chi connectivity index (χ2n) is 5.63. The predicted molar refractivity (Wildman–Crippen MR) is 97.7 cm³/mol. The number of fused-ring (bicyclic) bond motifs is 1. The van der Waals surface area contributed by atoms with Crippen LogP contribution in [0.5, 0.6) is 0 Å². The minimum absolute atomic E-state index is 0.0497. The molecule has 3 aromatic rings. The zero-order chi connectivity index (χ0) is 17.8. The fourth-order valence-electron chi connectivity index (χ4n) is 2.75. The Labute approximate surface area is 145 Å². The lowest BCUT2D eigenvalue weighted by Gasteiger charge is -2.18. The van der Waals surface area contributed by atoms with Crippen molar-refractivity contribution in [2.75, 3.05) is 18.4 Å². The van der Waals surface area contributed by atoms with Crippen LogP contribution in [0.1, 0.15) is 34.7 Å². The Hall–Kier alpha value is -3.15. The molecule has 6 heteroatoms. The first-order chi connectivity index (χ1) is 12.1. The second-order valence-corrected chi connectivity index (χ2v) is 5.63.